The number of phenolic OH excluding ortho intramolecular Hbond substituents is 1. The van der Waals surface area contributed by atoms with Crippen molar-refractivity contribution < 1.29 is 34.8 Å². The minimum Gasteiger partial charge on any atom is -0.508 e. The number of piperidine rings is 1. The Bertz CT molecular complexity index is 1380. The monoisotopic (exact) mass is 554 g/mol. The van der Waals surface area contributed by atoms with Gasteiger partial charge in [0.25, 0.3) is 5.91 Å². The SMILES string of the molecule is CN(C)[C@@H]1C(=O)C(C(N)=O)=C(O)[C@@]2(O)C(=O)C3=C(O)c4c(O)ccc(CNC5CCNCC5)c4C[C@@]3(C)C[C@@]12C. The number of fused-ring (bicyclic) bond motifs is 3. The summed E-state index contributed by atoms with van der Waals surface area (Å²) in [5.74, 6) is -4.88. The number of aliphatic hydroxyl groups excluding tert-OH is 2. The van der Waals surface area contributed by atoms with Crippen LogP contribution in [-0.4, -0.2) is 87.7 Å². The van der Waals surface area contributed by atoms with E-state index in [1.807, 2.05) is 0 Å². The molecule has 216 valence electrons. The first-order valence-corrected chi connectivity index (χ1v) is 13.6. The lowest BCUT2D eigenvalue weighted by Gasteiger charge is -2.59. The Hall–Kier alpha value is -3.25. The number of nitrogens with zero attached hydrogens (tertiary/aromatic N) is 1. The Balaban J connectivity index is 1.68. The molecule has 1 saturated heterocycles. The molecule has 2 fully saturated rings. The van der Waals surface area contributed by atoms with Crippen LogP contribution >= 0.6 is 0 Å². The summed E-state index contributed by atoms with van der Waals surface area (Å²) in [5, 5.41) is 52.5. The molecule has 8 N–H and O–H groups in total. The molecule has 1 amide bonds. The van der Waals surface area contributed by atoms with Gasteiger partial charge in [0.05, 0.1) is 11.6 Å². The standard InChI is InChI=1S/C29H38N4O7/c1-27-11-16-14(12-32-15-7-9-31-10-8-15)5-6-17(34)18(16)21(35)20(27)25(38)29(40)24(37)19(26(30)39)22(36)23(33(3)4)28(29,2)13-27/h5-6,15,23,31-32,34-35,37,40H,7-13H2,1-4H3,(H2,30,39)/t23-,27+,28+,29-/m1/s1. The molecule has 11 heteroatoms. The van der Waals surface area contributed by atoms with Gasteiger partial charge in [-0.3, -0.25) is 19.3 Å². The molecule has 5 rings (SSSR count). The number of carbonyl (C=O) groups excluding carboxylic acids is 3. The van der Waals surface area contributed by atoms with E-state index >= 15 is 0 Å². The van der Waals surface area contributed by atoms with Gasteiger partial charge in [-0.2, -0.15) is 0 Å². The summed E-state index contributed by atoms with van der Waals surface area (Å²) in [6, 6.07) is 2.41. The molecule has 1 saturated carbocycles. The molecule has 0 bridgehead atoms. The first-order valence-electron chi connectivity index (χ1n) is 13.6. The second-order valence-electron chi connectivity index (χ2n) is 12.4. The van der Waals surface area contributed by atoms with Gasteiger partial charge in [0, 0.05) is 29.0 Å². The van der Waals surface area contributed by atoms with E-state index in [9.17, 15) is 34.8 Å². The van der Waals surface area contributed by atoms with E-state index < -0.39 is 57.0 Å². The summed E-state index contributed by atoms with van der Waals surface area (Å²) in [5.41, 5.74) is 0.680. The molecule has 4 aliphatic rings. The Morgan fingerprint density at radius 1 is 1.15 bits per heavy atom. The molecular weight excluding hydrogens is 516 g/mol. The van der Waals surface area contributed by atoms with Crippen molar-refractivity contribution in [3.63, 3.8) is 0 Å². The largest absolute Gasteiger partial charge is 0.508 e. The van der Waals surface area contributed by atoms with Crippen LogP contribution < -0.4 is 16.4 Å². The zero-order valence-electron chi connectivity index (χ0n) is 23.3. The van der Waals surface area contributed by atoms with Crippen molar-refractivity contribution in [2.24, 2.45) is 16.6 Å². The Morgan fingerprint density at radius 3 is 2.40 bits per heavy atom. The number of amides is 1. The zero-order valence-corrected chi connectivity index (χ0v) is 23.3. The van der Waals surface area contributed by atoms with E-state index in [0.29, 0.717) is 18.2 Å². The van der Waals surface area contributed by atoms with Gasteiger partial charge in [-0.25, -0.2) is 0 Å². The average molecular weight is 555 g/mol. The molecule has 4 atom stereocenters. The van der Waals surface area contributed by atoms with Crippen molar-refractivity contribution in [3.8, 4) is 5.75 Å². The van der Waals surface area contributed by atoms with Crippen molar-refractivity contribution >= 4 is 23.2 Å². The van der Waals surface area contributed by atoms with Crippen molar-refractivity contribution in [2.75, 3.05) is 27.2 Å². The fourth-order valence-electron chi connectivity index (χ4n) is 7.83. The summed E-state index contributed by atoms with van der Waals surface area (Å²) in [6.07, 6.45) is 2.19. The summed E-state index contributed by atoms with van der Waals surface area (Å²) in [6.45, 7) is 5.65. The second kappa shape index (κ2) is 9.41. The number of phenols is 1. The quantitative estimate of drug-likeness (QED) is 0.254. The lowest BCUT2D eigenvalue weighted by molar-refractivity contribution is -0.176. The maximum absolute atomic E-state index is 14.3. The van der Waals surface area contributed by atoms with E-state index in [1.54, 1.807) is 27.1 Å². The van der Waals surface area contributed by atoms with Crippen LogP contribution in [0.4, 0.5) is 0 Å². The van der Waals surface area contributed by atoms with E-state index in [4.69, 9.17) is 5.73 Å². The Morgan fingerprint density at radius 2 is 1.80 bits per heavy atom. The third-order valence-corrected chi connectivity index (χ3v) is 9.53. The van der Waals surface area contributed by atoms with E-state index in [0.717, 1.165) is 31.5 Å². The predicted molar refractivity (Wildman–Crippen MR) is 146 cm³/mol. The van der Waals surface area contributed by atoms with E-state index in [2.05, 4.69) is 10.6 Å². The lowest BCUT2D eigenvalue weighted by atomic mass is 9.46. The average Bonchev–Trinajstić information content (AvgIpc) is 2.86. The summed E-state index contributed by atoms with van der Waals surface area (Å²) in [7, 11) is 3.17. The number of aromatic hydroxyl groups is 1. The molecule has 1 heterocycles. The third-order valence-electron chi connectivity index (χ3n) is 9.53. The van der Waals surface area contributed by atoms with Crippen LogP contribution in [0, 0.1) is 10.8 Å². The van der Waals surface area contributed by atoms with E-state index in [-0.39, 0.29) is 29.7 Å². The summed E-state index contributed by atoms with van der Waals surface area (Å²) < 4.78 is 0. The second-order valence-corrected chi connectivity index (χ2v) is 12.4. The molecule has 0 unspecified atom stereocenters. The van der Waals surface area contributed by atoms with Crippen molar-refractivity contribution in [1.29, 1.82) is 0 Å². The number of hydrogen-bond acceptors (Lipinski definition) is 10. The van der Waals surface area contributed by atoms with Crippen molar-refractivity contribution in [1.82, 2.24) is 15.5 Å². The van der Waals surface area contributed by atoms with Crippen LogP contribution in [0.3, 0.4) is 0 Å². The molecule has 0 radical (unpaired) electrons. The number of primary amides is 1. The number of rotatable bonds is 5. The van der Waals surface area contributed by atoms with Crippen molar-refractivity contribution in [3.05, 3.63) is 45.7 Å². The summed E-state index contributed by atoms with van der Waals surface area (Å²) in [4.78, 5) is 41.5. The van der Waals surface area contributed by atoms with Gasteiger partial charge in [0.1, 0.15) is 22.8 Å². The minimum absolute atomic E-state index is 0.00256. The number of carbonyl (C=O) groups is 3. The van der Waals surface area contributed by atoms with Crippen LogP contribution in [0.15, 0.2) is 29.0 Å². The third kappa shape index (κ3) is 3.75. The maximum Gasteiger partial charge on any atom is 0.255 e. The number of likely N-dealkylation sites (N-methyl/N-ethyl adjacent to an activating group) is 1. The van der Waals surface area contributed by atoms with Crippen LogP contribution in [-0.2, 0) is 27.3 Å². The van der Waals surface area contributed by atoms with Crippen LogP contribution in [0.1, 0.15) is 49.8 Å². The van der Waals surface area contributed by atoms with E-state index in [1.165, 1.54) is 17.9 Å². The highest BCUT2D eigenvalue weighted by Crippen LogP contribution is 2.63. The van der Waals surface area contributed by atoms with Crippen LogP contribution in [0.2, 0.25) is 0 Å². The lowest BCUT2D eigenvalue weighted by Crippen LogP contribution is -2.72. The van der Waals surface area contributed by atoms with Crippen molar-refractivity contribution in [2.45, 2.75) is 63.8 Å². The molecular formula is C29H38N4O7. The highest BCUT2D eigenvalue weighted by molar-refractivity contribution is 6.25. The molecule has 1 aromatic carbocycles. The van der Waals surface area contributed by atoms with Gasteiger partial charge in [-0.05, 0) is 70.1 Å². The molecule has 0 spiro atoms. The zero-order chi connectivity index (χ0) is 29.4. The normalized spacial score (nSPS) is 32.7. The highest BCUT2D eigenvalue weighted by Gasteiger charge is 2.72. The number of nitrogens with one attached hydrogen (secondary N) is 2. The van der Waals surface area contributed by atoms with Crippen LogP contribution in [0.25, 0.3) is 5.76 Å². The first-order chi connectivity index (χ1) is 18.7. The topological polar surface area (TPSA) is 185 Å². The Labute approximate surface area is 232 Å². The molecule has 3 aliphatic carbocycles. The number of Topliss-reactive ketones (excluding diaryl/α,β-unsaturated/α-hetero) is 2. The predicted octanol–water partition coefficient (Wildman–Crippen LogP) is 0.586. The fraction of sp³-hybridized carbons (Fsp3) is 0.552. The van der Waals surface area contributed by atoms with Crippen LogP contribution in [0.5, 0.6) is 5.75 Å². The van der Waals surface area contributed by atoms with Gasteiger partial charge in [-0.1, -0.05) is 19.9 Å². The first kappa shape index (κ1) is 28.3. The highest BCUT2D eigenvalue weighted by atomic mass is 16.3. The molecule has 11 nitrogen and oxygen atoms in total. The number of benzene rings is 1. The summed E-state index contributed by atoms with van der Waals surface area (Å²) >= 11 is 0. The number of nitrogens with two attached hydrogens (primary N) is 1. The smallest absolute Gasteiger partial charge is 0.255 e. The minimum atomic E-state index is -2.72. The number of ketones is 2. The van der Waals surface area contributed by atoms with Gasteiger partial charge in [0.15, 0.2) is 11.4 Å². The van der Waals surface area contributed by atoms with Gasteiger partial charge < -0.3 is 36.8 Å². The number of aliphatic hydroxyl groups is 3. The van der Waals surface area contributed by atoms with Gasteiger partial charge in [-0.15, -0.1) is 0 Å². The molecule has 1 aliphatic heterocycles. The Kier molecular flexibility index (Phi) is 6.65. The maximum atomic E-state index is 14.3. The fourth-order valence-corrected chi connectivity index (χ4v) is 7.83. The molecule has 40 heavy (non-hydrogen) atoms. The van der Waals surface area contributed by atoms with Gasteiger partial charge >= 0.3 is 0 Å². The van der Waals surface area contributed by atoms with Gasteiger partial charge in [0.2, 0.25) is 5.78 Å². The number of hydrogen-bond donors (Lipinski definition) is 7. The molecule has 1 aromatic rings. The molecule has 0 aromatic heterocycles.